The van der Waals surface area contributed by atoms with Crippen molar-refractivity contribution in [1.82, 2.24) is 9.80 Å². The third-order valence-corrected chi connectivity index (χ3v) is 6.07. The first-order valence-corrected chi connectivity index (χ1v) is 11.0. The molecule has 2 aromatic rings. The number of urea groups is 1. The van der Waals surface area contributed by atoms with Gasteiger partial charge in [-0.3, -0.25) is 4.90 Å². The van der Waals surface area contributed by atoms with E-state index in [0.717, 1.165) is 57.5 Å². The molecule has 0 aromatic heterocycles. The molecule has 31 heavy (non-hydrogen) atoms. The van der Waals surface area contributed by atoms with Crippen molar-refractivity contribution < 1.29 is 18.3 Å². The first-order valence-electron chi connectivity index (χ1n) is 11.0. The maximum atomic E-state index is 13.8. The van der Waals surface area contributed by atoms with Crippen molar-refractivity contribution >= 4 is 11.7 Å². The normalized spacial score (nSPS) is 18.8. The van der Waals surface area contributed by atoms with Gasteiger partial charge < -0.3 is 15.0 Å². The van der Waals surface area contributed by atoms with Crippen molar-refractivity contribution in [2.75, 3.05) is 31.5 Å². The number of nitrogens with zero attached hydrogens (tertiary/aromatic N) is 2. The number of amides is 2. The maximum absolute atomic E-state index is 13.8. The van der Waals surface area contributed by atoms with Crippen LogP contribution in [0.25, 0.3) is 0 Å². The van der Waals surface area contributed by atoms with Gasteiger partial charge in [-0.2, -0.15) is 0 Å². The quantitative estimate of drug-likeness (QED) is 0.753. The third-order valence-electron chi connectivity index (χ3n) is 6.07. The fraction of sp³-hybridized carbons (Fsp3) is 0.458. The number of hydrogen-bond acceptors (Lipinski definition) is 3. The first-order chi connectivity index (χ1) is 15.1. The molecule has 5 nitrogen and oxygen atoms in total. The Morgan fingerprint density at radius 2 is 1.58 bits per heavy atom. The Morgan fingerprint density at radius 1 is 0.935 bits per heavy atom. The number of carbonyl (C=O) groups is 1. The zero-order valence-corrected chi connectivity index (χ0v) is 17.6. The molecular formula is C24H29F2N3O2. The first kappa shape index (κ1) is 21.7. The van der Waals surface area contributed by atoms with Gasteiger partial charge in [0.2, 0.25) is 0 Å². The van der Waals surface area contributed by atoms with Gasteiger partial charge in [-0.1, -0.05) is 30.3 Å². The Hall–Kier alpha value is -2.51. The van der Waals surface area contributed by atoms with Gasteiger partial charge in [0, 0.05) is 38.8 Å². The van der Waals surface area contributed by atoms with Crippen molar-refractivity contribution in [2.45, 2.75) is 44.4 Å². The molecule has 0 saturated carbocycles. The zero-order valence-electron chi connectivity index (χ0n) is 17.6. The van der Waals surface area contributed by atoms with Gasteiger partial charge in [-0.05, 0) is 43.4 Å². The van der Waals surface area contributed by atoms with Gasteiger partial charge in [0.15, 0.2) is 0 Å². The Balaban J connectivity index is 1.17. The molecule has 166 valence electrons. The number of rotatable bonds is 5. The van der Waals surface area contributed by atoms with Crippen molar-refractivity contribution in [3.8, 4) is 0 Å². The molecule has 7 heteroatoms. The van der Waals surface area contributed by atoms with E-state index in [2.05, 4.69) is 34.5 Å². The van der Waals surface area contributed by atoms with E-state index in [1.807, 2.05) is 6.07 Å². The maximum Gasteiger partial charge on any atom is 0.321 e. The topological polar surface area (TPSA) is 44.8 Å². The summed E-state index contributed by atoms with van der Waals surface area (Å²) in [5.74, 6) is -1.44. The Labute approximate surface area is 182 Å². The van der Waals surface area contributed by atoms with Crippen LogP contribution in [0.2, 0.25) is 0 Å². The summed E-state index contributed by atoms with van der Waals surface area (Å²) in [6.45, 7) is 4.17. The minimum Gasteiger partial charge on any atom is -0.375 e. The van der Waals surface area contributed by atoms with E-state index >= 15 is 0 Å². The lowest BCUT2D eigenvalue weighted by Crippen LogP contribution is -2.45. The summed E-state index contributed by atoms with van der Waals surface area (Å²) in [6, 6.07) is 13.3. The lowest BCUT2D eigenvalue weighted by molar-refractivity contribution is -0.0616. The highest BCUT2D eigenvalue weighted by atomic mass is 19.1. The second-order valence-corrected chi connectivity index (χ2v) is 8.34. The van der Waals surface area contributed by atoms with E-state index in [4.69, 9.17) is 4.74 Å². The molecule has 0 aliphatic carbocycles. The van der Waals surface area contributed by atoms with Gasteiger partial charge in [-0.15, -0.1) is 0 Å². The zero-order chi connectivity index (χ0) is 21.6. The van der Waals surface area contributed by atoms with Crippen LogP contribution in [0.15, 0.2) is 48.5 Å². The van der Waals surface area contributed by atoms with E-state index in [0.29, 0.717) is 13.1 Å². The van der Waals surface area contributed by atoms with Crippen molar-refractivity contribution in [2.24, 2.45) is 0 Å². The molecule has 2 aliphatic heterocycles. The average molecular weight is 430 g/mol. The van der Waals surface area contributed by atoms with Gasteiger partial charge in [0.05, 0.1) is 17.9 Å². The number of benzene rings is 2. The highest BCUT2D eigenvalue weighted by Crippen LogP contribution is 2.23. The average Bonchev–Trinajstić information content (AvgIpc) is 2.78. The second-order valence-electron chi connectivity index (χ2n) is 8.34. The lowest BCUT2D eigenvalue weighted by atomic mass is 10.0. The fourth-order valence-corrected chi connectivity index (χ4v) is 4.30. The molecule has 2 heterocycles. The van der Waals surface area contributed by atoms with Crippen LogP contribution in [0.1, 0.15) is 31.2 Å². The molecule has 2 amide bonds. The van der Waals surface area contributed by atoms with Crippen LogP contribution in [0.3, 0.4) is 0 Å². The summed E-state index contributed by atoms with van der Waals surface area (Å²) in [4.78, 5) is 16.5. The van der Waals surface area contributed by atoms with Crippen LogP contribution in [0.5, 0.6) is 0 Å². The Kier molecular flexibility index (Phi) is 7.14. The largest absolute Gasteiger partial charge is 0.375 e. The summed E-state index contributed by atoms with van der Waals surface area (Å²) in [6.07, 6.45) is 4.00. The summed E-state index contributed by atoms with van der Waals surface area (Å²) < 4.78 is 33.1. The van der Waals surface area contributed by atoms with Crippen LogP contribution in [0, 0.1) is 11.6 Å². The summed E-state index contributed by atoms with van der Waals surface area (Å²) in [5.41, 5.74) is 1.33. The number of piperidine rings is 2. The number of halogens is 2. The minimum atomic E-state index is -0.773. The van der Waals surface area contributed by atoms with Crippen LogP contribution in [-0.2, 0) is 11.3 Å². The van der Waals surface area contributed by atoms with Crippen LogP contribution < -0.4 is 5.32 Å². The van der Waals surface area contributed by atoms with E-state index in [1.54, 1.807) is 4.90 Å². The molecule has 1 N–H and O–H groups in total. The Bertz CT molecular complexity index is 864. The molecule has 2 aliphatic rings. The molecule has 2 saturated heterocycles. The summed E-state index contributed by atoms with van der Waals surface area (Å²) in [7, 11) is 0. The summed E-state index contributed by atoms with van der Waals surface area (Å²) >= 11 is 0. The van der Waals surface area contributed by atoms with E-state index in [9.17, 15) is 13.6 Å². The predicted octanol–water partition coefficient (Wildman–Crippen LogP) is 4.64. The van der Waals surface area contributed by atoms with Gasteiger partial charge in [-0.25, -0.2) is 13.6 Å². The SMILES string of the molecule is O=C(Nc1ccc(F)cc1F)N1CCC(OC2CCN(Cc3ccccc3)CC2)CC1. The van der Waals surface area contributed by atoms with Gasteiger partial charge >= 0.3 is 6.03 Å². The molecule has 0 unspecified atom stereocenters. The number of anilines is 1. The standard InChI is InChI=1S/C24H29F2N3O2/c25-19-6-7-23(22(26)16-19)27-24(30)29-14-10-21(11-15-29)31-20-8-12-28(13-9-20)17-18-4-2-1-3-5-18/h1-7,16,20-21H,8-15,17H2,(H,27,30). The number of hydrogen-bond donors (Lipinski definition) is 1. The predicted molar refractivity (Wildman–Crippen MR) is 116 cm³/mol. The minimum absolute atomic E-state index is 0.00737. The monoisotopic (exact) mass is 429 g/mol. The molecule has 0 spiro atoms. The van der Waals surface area contributed by atoms with Gasteiger partial charge in [0.25, 0.3) is 0 Å². The third kappa shape index (κ3) is 6.02. The van der Waals surface area contributed by atoms with Gasteiger partial charge in [0.1, 0.15) is 11.6 Å². The number of nitrogens with one attached hydrogen (secondary N) is 1. The smallest absolute Gasteiger partial charge is 0.321 e. The highest BCUT2D eigenvalue weighted by molar-refractivity contribution is 5.89. The van der Waals surface area contributed by atoms with Crippen LogP contribution in [0.4, 0.5) is 19.3 Å². The molecule has 4 rings (SSSR count). The molecule has 2 aromatic carbocycles. The number of likely N-dealkylation sites (tertiary alicyclic amines) is 2. The van der Waals surface area contributed by atoms with Crippen molar-refractivity contribution in [3.05, 3.63) is 65.7 Å². The molecule has 0 bridgehead atoms. The van der Waals surface area contributed by atoms with E-state index in [-0.39, 0.29) is 23.9 Å². The highest BCUT2D eigenvalue weighted by Gasteiger charge is 2.27. The van der Waals surface area contributed by atoms with Crippen LogP contribution >= 0.6 is 0 Å². The molecular weight excluding hydrogens is 400 g/mol. The molecule has 0 atom stereocenters. The van der Waals surface area contributed by atoms with E-state index < -0.39 is 11.6 Å². The van der Waals surface area contributed by atoms with E-state index in [1.165, 1.54) is 11.6 Å². The fourth-order valence-electron chi connectivity index (χ4n) is 4.30. The van der Waals surface area contributed by atoms with Crippen molar-refractivity contribution in [3.63, 3.8) is 0 Å². The summed E-state index contributed by atoms with van der Waals surface area (Å²) in [5, 5.41) is 2.53. The van der Waals surface area contributed by atoms with Crippen molar-refractivity contribution in [1.29, 1.82) is 0 Å². The lowest BCUT2D eigenvalue weighted by Gasteiger charge is -2.37. The number of ether oxygens (including phenoxy) is 1. The number of carbonyl (C=O) groups excluding carboxylic acids is 1. The second kappa shape index (κ2) is 10.2. The Morgan fingerprint density at radius 3 is 2.23 bits per heavy atom. The molecule has 0 radical (unpaired) electrons. The molecule has 2 fully saturated rings. The van der Waals surface area contributed by atoms with Crippen LogP contribution in [-0.4, -0.2) is 54.2 Å².